The Morgan fingerprint density at radius 3 is 2.83 bits per heavy atom. The van der Waals surface area contributed by atoms with E-state index in [9.17, 15) is 4.79 Å². The number of hydrogen-bond donors (Lipinski definition) is 1. The van der Waals surface area contributed by atoms with Gasteiger partial charge in [0.2, 0.25) is 0 Å². The molecule has 2 aromatic rings. The van der Waals surface area contributed by atoms with Crippen LogP contribution in [-0.4, -0.2) is 51.5 Å². The molecule has 1 atom stereocenters. The number of amides is 1. The zero-order valence-electron chi connectivity index (χ0n) is 16.2. The number of rotatable bonds is 6. The minimum absolute atomic E-state index is 0.134. The van der Waals surface area contributed by atoms with E-state index in [-0.39, 0.29) is 12.0 Å². The molecular weight excluding hydrogens is 392 g/mol. The number of nitrogens with zero attached hydrogens (tertiary/aromatic N) is 1. The standard InChI is InChI=1S/C22H25ClN2O4/c23-17-6-7-21(25-8-11-27-12-9-25)20(14-17)24-22(26)16-3-1-4-18(13-16)29-15-19-5-2-10-28-19/h1,3-4,6-7,13-14,19H,2,5,8-12,15H2,(H,24,26)/t19-/m0/s1. The highest BCUT2D eigenvalue weighted by Crippen LogP contribution is 2.30. The number of carbonyl (C=O) groups is 1. The smallest absolute Gasteiger partial charge is 0.255 e. The third kappa shape index (κ3) is 5.21. The van der Waals surface area contributed by atoms with E-state index in [2.05, 4.69) is 10.2 Å². The zero-order chi connectivity index (χ0) is 20.1. The van der Waals surface area contributed by atoms with E-state index in [4.69, 9.17) is 25.8 Å². The SMILES string of the molecule is O=C(Nc1cc(Cl)ccc1N1CCOCC1)c1cccc(OC[C@@H]2CCCO2)c1. The summed E-state index contributed by atoms with van der Waals surface area (Å²) in [5.74, 6) is 0.456. The van der Waals surface area contributed by atoms with Gasteiger partial charge >= 0.3 is 0 Å². The summed E-state index contributed by atoms with van der Waals surface area (Å²) in [4.78, 5) is 15.1. The van der Waals surface area contributed by atoms with Crippen LogP contribution in [0.25, 0.3) is 0 Å². The lowest BCUT2D eigenvalue weighted by Crippen LogP contribution is -2.36. The van der Waals surface area contributed by atoms with Crippen LogP contribution in [0.1, 0.15) is 23.2 Å². The third-order valence-electron chi connectivity index (χ3n) is 5.11. The molecule has 2 heterocycles. The molecule has 0 bridgehead atoms. The van der Waals surface area contributed by atoms with Crippen LogP contribution in [0.15, 0.2) is 42.5 Å². The van der Waals surface area contributed by atoms with Crippen molar-refractivity contribution in [1.29, 1.82) is 0 Å². The summed E-state index contributed by atoms with van der Waals surface area (Å²) < 4.78 is 16.8. The van der Waals surface area contributed by atoms with Gasteiger partial charge in [0.1, 0.15) is 12.4 Å². The van der Waals surface area contributed by atoms with Crippen LogP contribution in [0.3, 0.4) is 0 Å². The number of benzene rings is 2. The largest absolute Gasteiger partial charge is 0.491 e. The average molecular weight is 417 g/mol. The third-order valence-corrected chi connectivity index (χ3v) is 5.35. The van der Waals surface area contributed by atoms with Crippen LogP contribution in [0.4, 0.5) is 11.4 Å². The van der Waals surface area contributed by atoms with E-state index in [0.717, 1.165) is 38.2 Å². The normalized spacial score (nSPS) is 19.2. The fraction of sp³-hybridized carbons (Fsp3) is 0.409. The van der Waals surface area contributed by atoms with E-state index < -0.39 is 0 Å². The first-order valence-corrected chi connectivity index (χ1v) is 10.3. The van der Waals surface area contributed by atoms with E-state index >= 15 is 0 Å². The number of ether oxygens (including phenoxy) is 3. The molecule has 2 aliphatic rings. The second kappa shape index (κ2) is 9.48. The van der Waals surface area contributed by atoms with Crippen molar-refractivity contribution in [1.82, 2.24) is 0 Å². The Kier molecular flexibility index (Phi) is 6.54. The molecule has 4 rings (SSSR count). The maximum atomic E-state index is 12.9. The first kappa shape index (κ1) is 20.0. The highest BCUT2D eigenvalue weighted by atomic mass is 35.5. The summed E-state index contributed by atoms with van der Waals surface area (Å²) in [5, 5.41) is 3.58. The van der Waals surface area contributed by atoms with E-state index in [1.54, 1.807) is 18.2 Å². The molecule has 0 aromatic heterocycles. The molecule has 1 N–H and O–H groups in total. The van der Waals surface area contributed by atoms with Crippen molar-refractivity contribution in [2.24, 2.45) is 0 Å². The van der Waals surface area contributed by atoms with Gasteiger partial charge in [-0.05, 0) is 49.2 Å². The Morgan fingerprint density at radius 2 is 2.03 bits per heavy atom. The van der Waals surface area contributed by atoms with Gasteiger partial charge in [0, 0.05) is 30.3 Å². The highest BCUT2D eigenvalue weighted by molar-refractivity contribution is 6.31. The fourth-order valence-corrected chi connectivity index (χ4v) is 3.75. The molecule has 29 heavy (non-hydrogen) atoms. The number of carbonyl (C=O) groups excluding carboxylic acids is 1. The first-order chi connectivity index (χ1) is 14.2. The van der Waals surface area contributed by atoms with Gasteiger partial charge in [-0.25, -0.2) is 0 Å². The van der Waals surface area contributed by atoms with E-state index in [1.165, 1.54) is 0 Å². The second-order valence-electron chi connectivity index (χ2n) is 7.19. The lowest BCUT2D eigenvalue weighted by atomic mass is 10.1. The van der Waals surface area contributed by atoms with Crippen molar-refractivity contribution >= 4 is 28.9 Å². The summed E-state index contributed by atoms with van der Waals surface area (Å²) in [6.45, 7) is 4.18. The van der Waals surface area contributed by atoms with Crippen molar-refractivity contribution < 1.29 is 19.0 Å². The molecule has 0 unspecified atom stereocenters. The molecule has 0 radical (unpaired) electrons. The first-order valence-electron chi connectivity index (χ1n) is 9.97. The number of hydrogen-bond acceptors (Lipinski definition) is 5. The van der Waals surface area contributed by atoms with Gasteiger partial charge in [-0.2, -0.15) is 0 Å². The Balaban J connectivity index is 1.46. The Labute approximate surface area is 175 Å². The van der Waals surface area contributed by atoms with Gasteiger partial charge in [-0.15, -0.1) is 0 Å². The van der Waals surface area contributed by atoms with Crippen LogP contribution in [0, 0.1) is 0 Å². The fourth-order valence-electron chi connectivity index (χ4n) is 3.57. The van der Waals surface area contributed by atoms with E-state index in [0.29, 0.717) is 41.8 Å². The number of halogens is 1. The van der Waals surface area contributed by atoms with Gasteiger partial charge < -0.3 is 24.4 Å². The van der Waals surface area contributed by atoms with Crippen LogP contribution in [0.5, 0.6) is 5.75 Å². The van der Waals surface area contributed by atoms with Crippen molar-refractivity contribution in [3.05, 3.63) is 53.1 Å². The predicted molar refractivity (Wildman–Crippen MR) is 113 cm³/mol. The van der Waals surface area contributed by atoms with Gasteiger partial charge in [-0.1, -0.05) is 17.7 Å². The second-order valence-corrected chi connectivity index (χ2v) is 7.63. The Morgan fingerprint density at radius 1 is 1.17 bits per heavy atom. The molecular formula is C22H25ClN2O4. The van der Waals surface area contributed by atoms with E-state index in [1.807, 2.05) is 24.3 Å². The van der Waals surface area contributed by atoms with Crippen LogP contribution in [0.2, 0.25) is 5.02 Å². The Hall–Kier alpha value is -2.28. The summed E-state index contributed by atoms with van der Waals surface area (Å²) in [6.07, 6.45) is 2.22. The molecule has 2 fully saturated rings. The lowest BCUT2D eigenvalue weighted by Gasteiger charge is -2.30. The van der Waals surface area contributed by atoms with Gasteiger partial charge in [0.25, 0.3) is 5.91 Å². The minimum atomic E-state index is -0.204. The number of nitrogens with one attached hydrogen (secondary N) is 1. The Bertz CT molecular complexity index is 848. The molecule has 2 aromatic carbocycles. The number of morpholine rings is 1. The van der Waals surface area contributed by atoms with Crippen molar-refractivity contribution in [3.63, 3.8) is 0 Å². The molecule has 7 heteroatoms. The molecule has 0 saturated carbocycles. The van der Waals surface area contributed by atoms with Crippen molar-refractivity contribution in [2.45, 2.75) is 18.9 Å². The average Bonchev–Trinajstić information content (AvgIpc) is 3.27. The van der Waals surface area contributed by atoms with Crippen LogP contribution < -0.4 is 15.0 Å². The van der Waals surface area contributed by atoms with Gasteiger partial charge in [-0.3, -0.25) is 4.79 Å². The predicted octanol–water partition coefficient (Wildman–Crippen LogP) is 3.99. The summed E-state index contributed by atoms with van der Waals surface area (Å²) >= 11 is 6.19. The summed E-state index contributed by atoms with van der Waals surface area (Å²) in [7, 11) is 0. The maximum Gasteiger partial charge on any atom is 0.255 e. The van der Waals surface area contributed by atoms with Crippen molar-refractivity contribution in [2.75, 3.05) is 49.7 Å². The molecule has 0 spiro atoms. The molecule has 1 amide bonds. The van der Waals surface area contributed by atoms with Gasteiger partial charge in [0.15, 0.2) is 0 Å². The van der Waals surface area contributed by atoms with Crippen molar-refractivity contribution in [3.8, 4) is 5.75 Å². The number of anilines is 2. The summed E-state index contributed by atoms with van der Waals surface area (Å²) in [5.41, 5.74) is 2.16. The quantitative estimate of drug-likeness (QED) is 0.771. The lowest BCUT2D eigenvalue weighted by molar-refractivity contribution is 0.0679. The molecule has 154 valence electrons. The zero-order valence-corrected chi connectivity index (χ0v) is 17.0. The topological polar surface area (TPSA) is 60.0 Å². The molecule has 2 saturated heterocycles. The maximum absolute atomic E-state index is 12.9. The molecule has 6 nitrogen and oxygen atoms in total. The molecule has 0 aliphatic carbocycles. The molecule has 2 aliphatic heterocycles. The summed E-state index contributed by atoms with van der Waals surface area (Å²) in [6, 6.07) is 12.7. The van der Waals surface area contributed by atoms with Crippen LogP contribution >= 0.6 is 11.6 Å². The highest BCUT2D eigenvalue weighted by Gasteiger charge is 2.18. The van der Waals surface area contributed by atoms with Gasteiger partial charge in [0.05, 0.1) is 30.7 Å². The van der Waals surface area contributed by atoms with Crippen LogP contribution in [-0.2, 0) is 9.47 Å². The minimum Gasteiger partial charge on any atom is -0.491 e. The monoisotopic (exact) mass is 416 g/mol.